The van der Waals surface area contributed by atoms with Crippen LogP contribution in [0.3, 0.4) is 0 Å². The number of aliphatic hydroxyl groups excluding tert-OH is 1. The molecule has 5 heteroatoms. The van der Waals surface area contributed by atoms with Gasteiger partial charge in [-0.1, -0.05) is 13.0 Å². The molecule has 0 saturated heterocycles. The molecule has 6 atom stereocenters. The third-order valence-corrected chi connectivity index (χ3v) is 7.16. The summed E-state index contributed by atoms with van der Waals surface area (Å²) < 4.78 is 11.6. The molecule has 1 heterocycles. The van der Waals surface area contributed by atoms with Gasteiger partial charge in [0.1, 0.15) is 5.60 Å². The topological polar surface area (TPSA) is 76.0 Å². The summed E-state index contributed by atoms with van der Waals surface area (Å²) >= 11 is 0. The summed E-state index contributed by atoms with van der Waals surface area (Å²) in [5.41, 5.74) is -0.142. The lowest BCUT2D eigenvalue weighted by Gasteiger charge is -2.63. The third-order valence-electron chi connectivity index (χ3n) is 7.16. The van der Waals surface area contributed by atoms with Crippen LogP contribution in [0.4, 0.5) is 0 Å². The lowest BCUT2D eigenvalue weighted by Crippen LogP contribution is -2.77. The van der Waals surface area contributed by atoms with Crippen molar-refractivity contribution in [1.82, 2.24) is 0 Å². The second kappa shape index (κ2) is 4.33. The zero-order valence-corrected chi connectivity index (χ0v) is 13.9. The van der Waals surface area contributed by atoms with E-state index in [-0.39, 0.29) is 24.0 Å². The molecule has 3 aliphatic carbocycles. The minimum atomic E-state index is -1.31. The monoisotopic (exact) mass is 330 g/mol. The van der Waals surface area contributed by atoms with Crippen molar-refractivity contribution in [3.05, 3.63) is 23.3 Å². The second-order valence-corrected chi connectivity index (χ2v) is 7.89. The van der Waals surface area contributed by atoms with Crippen LogP contribution in [0.2, 0.25) is 0 Å². The van der Waals surface area contributed by atoms with Crippen LogP contribution in [0.5, 0.6) is 11.5 Å². The molecule has 4 aliphatic rings. The molecule has 128 valence electrons. The number of Topliss-reactive ketones (excluding diaryl/α,β-unsaturated/α-hetero) is 1. The van der Waals surface area contributed by atoms with Crippen molar-refractivity contribution in [2.45, 2.75) is 55.8 Å². The predicted molar refractivity (Wildman–Crippen MR) is 85.3 cm³/mol. The number of ether oxygens (including phenoxy) is 2. The van der Waals surface area contributed by atoms with Gasteiger partial charge in [0.2, 0.25) is 0 Å². The molecule has 2 bridgehead atoms. The summed E-state index contributed by atoms with van der Waals surface area (Å²) in [6.07, 6.45) is 0.675. The van der Waals surface area contributed by atoms with Gasteiger partial charge in [0.25, 0.3) is 0 Å². The normalized spacial score (nSPS) is 44.8. The smallest absolute Gasteiger partial charge is 0.177 e. The number of hydrogen-bond donors (Lipinski definition) is 2. The van der Waals surface area contributed by atoms with E-state index in [1.807, 2.05) is 12.1 Å². The summed E-state index contributed by atoms with van der Waals surface area (Å²) in [7, 11) is 1.58. The number of hydrogen-bond acceptors (Lipinski definition) is 5. The largest absolute Gasteiger partial charge is 0.493 e. The van der Waals surface area contributed by atoms with Gasteiger partial charge in [-0.2, -0.15) is 0 Å². The number of carbonyl (C=O) groups excluding carboxylic acids is 1. The molecule has 5 rings (SSSR count). The molecular weight excluding hydrogens is 308 g/mol. The first kappa shape index (κ1) is 14.7. The average Bonchev–Trinajstić information content (AvgIpc) is 2.92. The van der Waals surface area contributed by atoms with E-state index in [4.69, 9.17) is 9.47 Å². The van der Waals surface area contributed by atoms with Gasteiger partial charge in [0.05, 0.1) is 18.6 Å². The van der Waals surface area contributed by atoms with Crippen LogP contribution in [0, 0.1) is 11.8 Å². The van der Waals surface area contributed by atoms with E-state index in [1.54, 1.807) is 7.11 Å². The van der Waals surface area contributed by atoms with E-state index in [9.17, 15) is 15.0 Å². The van der Waals surface area contributed by atoms with Crippen molar-refractivity contribution in [2.24, 2.45) is 11.8 Å². The standard InChI is InChI=1S/C19H22O5/c1-9-3-5-11-7-10-4-6-13(23-2)16-15(10)18(9)17(24-16)12(20)8-14(21)19(11,18)22/h4,6,9,11,14,17,21-22H,3,5,7-8H2,1-2H3/t9-,11+,14-,17-,18-,19-/m0/s1. The number of aliphatic hydroxyl groups is 2. The highest BCUT2D eigenvalue weighted by molar-refractivity contribution is 5.90. The first-order valence-electron chi connectivity index (χ1n) is 8.76. The number of rotatable bonds is 1. The van der Waals surface area contributed by atoms with Gasteiger partial charge >= 0.3 is 0 Å². The Morgan fingerprint density at radius 3 is 2.83 bits per heavy atom. The molecule has 2 saturated carbocycles. The zero-order chi connectivity index (χ0) is 16.9. The van der Waals surface area contributed by atoms with Crippen LogP contribution in [-0.4, -0.2) is 40.9 Å². The van der Waals surface area contributed by atoms with Gasteiger partial charge in [-0.05, 0) is 42.7 Å². The average molecular weight is 330 g/mol. The highest BCUT2D eigenvalue weighted by atomic mass is 16.5. The van der Waals surface area contributed by atoms with Crippen LogP contribution in [0.1, 0.15) is 37.3 Å². The Labute approximate surface area is 140 Å². The van der Waals surface area contributed by atoms with Crippen LogP contribution >= 0.6 is 0 Å². The summed E-state index contributed by atoms with van der Waals surface area (Å²) in [4.78, 5) is 12.8. The first-order valence-corrected chi connectivity index (χ1v) is 8.76. The molecule has 2 fully saturated rings. The van der Waals surface area contributed by atoms with Crippen LogP contribution < -0.4 is 9.47 Å². The predicted octanol–water partition coefficient (Wildman–Crippen LogP) is 1.36. The van der Waals surface area contributed by atoms with E-state index in [1.165, 1.54) is 0 Å². The molecule has 1 aliphatic heterocycles. The van der Waals surface area contributed by atoms with Gasteiger partial charge in [0, 0.05) is 12.0 Å². The summed E-state index contributed by atoms with van der Waals surface area (Å²) in [5.74, 6) is 1.07. The quantitative estimate of drug-likeness (QED) is 0.813. The van der Waals surface area contributed by atoms with E-state index in [2.05, 4.69) is 6.92 Å². The maximum absolute atomic E-state index is 12.8. The Bertz CT molecular complexity index is 758. The van der Waals surface area contributed by atoms with E-state index in [0.717, 1.165) is 24.0 Å². The molecule has 0 aromatic heterocycles. The van der Waals surface area contributed by atoms with Crippen molar-refractivity contribution in [3.63, 3.8) is 0 Å². The van der Waals surface area contributed by atoms with Crippen LogP contribution in [0.15, 0.2) is 12.1 Å². The van der Waals surface area contributed by atoms with E-state index < -0.39 is 23.2 Å². The summed E-state index contributed by atoms with van der Waals surface area (Å²) in [5, 5.41) is 22.6. The Balaban J connectivity index is 1.91. The van der Waals surface area contributed by atoms with E-state index in [0.29, 0.717) is 17.9 Å². The van der Waals surface area contributed by atoms with Crippen molar-refractivity contribution < 1.29 is 24.5 Å². The Morgan fingerprint density at radius 2 is 2.08 bits per heavy atom. The maximum atomic E-state index is 12.8. The van der Waals surface area contributed by atoms with Crippen LogP contribution in [-0.2, 0) is 16.6 Å². The highest BCUT2D eigenvalue weighted by Crippen LogP contribution is 2.68. The SMILES string of the molecule is COc1ccc2c3c1O[C@H]1C(=O)C[C@H](O)[C@@]4(O)[C@H](CC[C@H](C)[C@]314)C2. The van der Waals surface area contributed by atoms with Crippen LogP contribution in [0.25, 0.3) is 0 Å². The maximum Gasteiger partial charge on any atom is 0.177 e. The van der Waals surface area contributed by atoms with Gasteiger partial charge in [-0.25, -0.2) is 0 Å². The molecule has 1 spiro atoms. The number of methoxy groups -OCH3 is 1. The van der Waals surface area contributed by atoms with Gasteiger partial charge in [-0.15, -0.1) is 0 Å². The summed E-state index contributed by atoms with van der Waals surface area (Å²) in [6.45, 7) is 2.08. The van der Waals surface area contributed by atoms with Gasteiger partial charge in [0.15, 0.2) is 23.4 Å². The first-order chi connectivity index (χ1) is 11.5. The van der Waals surface area contributed by atoms with Crippen molar-refractivity contribution in [3.8, 4) is 11.5 Å². The molecule has 24 heavy (non-hydrogen) atoms. The summed E-state index contributed by atoms with van der Waals surface area (Å²) in [6, 6.07) is 3.91. The Kier molecular flexibility index (Phi) is 2.65. The lowest BCUT2D eigenvalue weighted by atomic mass is 9.42. The van der Waals surface area contributed by atoms with E-state index >= 15 is 0 Å². The molecule has 2 N–H and O–H groups in total. The molecule has 0 radical (unpaired) electrons. The molecule has 0 unspecified atom stereocenters. The number of ketones is 1. The zero-order valence-electron chi connectivity index (χ0n) is 13.9. The van der Waals surface area contributed by atoms with Crippen molar-refractivity contribution >= 4 is 5.78 Å². The minimum Gasteiger partial charge on any atom is -0.493 e. The lowest BCUT2D eigenvalue weighted by molar-refractivity contribution is -0.232. The van der Waals surface area contributed by atoms with Crippen molar-refractivity contribution in [2.75, 3.05) is 7.11 Å². The third kappa shape index (κ3) is 1.28. The molecular formula is C19H22O5. The van der Waals surface area contributed by atoms with Gasteiger partial charge in [-0.3, -0.25) is 4.79 Å². The Morgan fingerprint density at radius 1 is 1.29 bits per heavy atom. The fourth-order valence-corrected chi connectivity index (χ4v) is 6.24. The van der Waals surface area contributed by atoms with Crippen molar-refractivity contribution in [1.29, 1.82) is 0 Å². The highest BCUT2D eigenvalue weighted by Gasteiger charge is 2.76. The number of benzene rings is 1. The Hall–Kier alpha value is -1.59. The molecule has 1 aromatic carbocycles. The molecule has 5 nitrogen and oxygen atoms in total. The molecule has 0 amide bonds. The number of carbonyl (C=O) groups is 1. The fraction of sp³-hybridized carbons (Fsp3) is 0.632. The molecule has 1 aromatic rings. The van der Waals surface area contributed by atoms with Gasteiger partial charge < -0.3 is 19.7 Å². The second-order valence-electron chi connectivity index (χ2n) is 7.89. The fourth-order valence-electron chi connectivity index (χ4n) is 6.24. The minimum absolute atomic E-state index is 0.0439.